The molecule has 0 saturated carbocycles. The summed E-state index contributed by atoms with van der Waals surface area (Å²) in [6.07, 6.45) is 0. The van der Waals surface area contributed by atoms with Gasteiger partial charge >= 0.3 is 5.97 Å². The van der Waals surface area contributed by atoms with Gasteiger partial charge in [-0.2, -0.15) is 0 Å². The fraction of sp³-hybridized carbons (Fsp3) is 0.167. The standard InChI is InChI=1S/C12H12N2O3S/c1-16-10-4-2-3-8(14-10)7-17-12(15)11-9(13)5-6-18-11/h2-6H,7,13H2,1H3. The van der Waals surface area contributed by atoms with Crippen LogP contribution in [-0.2, 0) is 11.3 Å². The molecule has 0 saturated heterocycles. The lowest BCUT2D eigenvalue weighted by Crippen LogP contribution is -2.06. The Morgan fingerprint density at radius 1 is 1.44 bits per heavy atom. The van der Waals surface area contributed by atoms with Crippen molar-refractivity contribution in [1.82, 2.24) is 4.98 Å². The first-order valence-electron chi connectivity index (χ1n) is 5.20. The number of carbonyl (C=O) groups excluding carboxylic acids is 1. The highest BCUT2D eigenvalue weighted by Gasteiger charge is 2.13. The fourth-order valence-corrected chi connectivity index (χ4v) is 2.05. The lowest BCUT2D eigenvalue weighted by atomic mass is 10.3. The van der Waals surface area contributed by atoms with Crippen molar-refractivity contribution in [3.63, 3.8) is 0 Å². The van der Waals surface area contributed by atoms with Gasteiger partial charge in [-0.3, -0.25) is 0 Å². The number of nitrogens with zero attached hydrogens (tertiary/aromatic N) is 1. The Labute approximate surface area is 108 Å². The molecule has 0 unspecified atom stereocenters. The van der Waals surface area contributed by atoms with Gasteiger partial charge in [-0.15, -0.1) is 11.3 Å². The molecule has 0 aliphatic carbocycles. The zero-order valence-corrected chi connectivity index (χ0v) is 10.6. The monoisotopic (exact) mass is 264 g/mol. The number of esters is 1. The first-order valence-corrected chi connectivity index (χ1v) is 6.08. The normalized spacial score (nSPS) is 10.1. The third kappa shape index (κ3) is 2.78. The van der Waals surface area contributed by atoms with Crippen molar-refractivity contribution >= 4 is 23.0 Å². The average Bonchev–Trinajstić information content (AvgIpc) is 2.82. The summed E-state index contributed by atoms with van der Waals surface area (Å²) in [7, 11) is 1.53. The van der Waals surface area contributed by atoms with Crippen molar-refractivity contribution in [1.29, 1.82) is 0 Å². The Morgan fingerprint density at radius 2 is 2.28 bits per heavy atom. The van der Waals surface area contributed by atoms with Gasteiger partial charge in [-0.05, 0) is 17.5 Å². The Morgan fingerprint density at radius 3 is 2.94 bits per heavy atom. The summed E-state index contributed by atoms with van der Waals surface area (Å²) >= 11 is 1.26. The molecule has 0 atom stereocenters. The zero-order valence-electron chi connectivity index (χ0n) is 9.75. The minimum absolute atomic E-state index is 0.0906. The van der Waals surface area contributed by atoms with Gasteiger partial charge in [-0.1, -0.05) is 6.07 Å². The van der Waals surface area contributed by atoms with Crippen LogP contribution in [0.25, 0.3) is 0 Å². The molecular weight excluding hydrogens is 252 g/mol. The van der Waals surface area contributed by atoms with Gasteiger partial charge in [0, 0.05) is 6.07 Å². The number of pyridine rings is 1. The van der Waals surface area contributed by atoms with Crippen LogP contribution in [0, 0.1) is 0 Å². The summed E-state index contributed by atoms with van der Waals surface area (Å²) in [5.41, 5.74) is 6.69. The Bertz CT molecular complexity index is 554. The van der Waals surface area contributed by atoms with Gasteiger partial charge in [0.15, 0.2) is 0 Å². The minimum atomic E-state index is -0.438. The van der Waals surface area contributed by atoms with E-state index < -0.39 is 5.97 Å². The highest BCUT2D eigenvalue weighted by Crippen LogP contribution is 2.20. The molecule has 2 N–H and O–H groups in total. The van der Waals surface area contributed by atoms with E-state index in [-0.39, 0.29) is 6.61 Å². The van der Waals surface area contributed by atoms with E-state index >= 15 is 0 Å². The fourth-order valence-electron chi connectivity index (χ4n) is 1.34. The van der Waals surface area contributed by atoms with Crippen molar-refractivity contribution in [2.45, 2.75) is 6.61 Å². The summed E-state index contributed by atoms with van der Waals surface area (Å²) in [5, 5.41) is 1.75. The first kappa shape index (κ1) is 12.4. The van der Waals surface area contributed by atoms with Crippen LogP contribution in [0.5, 0.6) is 5.88 Å². The number of thiophene rings is 1. The van der Waals surface area contributed by atoms with Gasteiger partial charge in [0.25, 0.3) is 0 Å². The summed E-state index contributed by atoms with van der Waals surface area (Å²) in [6, 6.07) is 6.94. The minimum Gasteiger partial charge on any atom is -0.481 e. The quantitative estimate of drug-likeness (QED) is 0.856. The molecule has 0 spiro atoms. The molecule has 0 aliphatic heterocycles. The topological polar surface area (TPSA) is 74.4 Å². The summed E-state index contributed by atoms with van der Waals surface area (Å²) < 4.78 is 10.1. The number of methoxy groups -OCH3 is 1. The maximum Gasteiger partial charge on any atom is 0.350 e. The summed E-state index contributed by atoms with van der Waals surface area (Å²) in [5.74, 6) is 0.0475. The molecule has 2 heterocycles. The van der Waals surface area contributed by atoms with E-state index in [0.717, 1.165) is 0 Å². The molecule has 2 rings (SSSR count). The van der Waals surface area contributed by atoms with E-state index in [1.54, 1.807) is 29.6 Å². The van der Waals surface area contributed by atoms with Crippen molar-refractivity contribution in [3.8, 4) is 5.88 Å². The molecule has 2 aromatic rings. The predicted molar refractivity (Wildman–Crippen MR) is 68.6 cm³/mol. The molecule has 0 radical (unpaired) electrons. The van der Waals surface area contributed by atoms with Crippen LogP contribution in [0.4, 0.5) is 5.69 Å². The van der Waals surface area contributed by atoms with Crippen LogP contribution >= 0.6 is 11.3 Å². The van der Waals surface area contributed by atoms with Crippen molar-refractivity contribution < 1.29 is 14.3 Å². The maximum atomic E-state index is 11.7. The van der Waals surface area contributed by atoms with Gasteiger partial charge < -0.3 is 15.2 Å². The van der Waals surface area contributed by atoms with E-state index in [9.17, 15) is 4.79 Å². The smallest absolute Gasteiger partial charge is 0.350 e. The Balaban J connectivity index is 1.99. The lowest BCUT2D eigenvalue weighted by Gasteiger charge is -2.05. The molecule has 0 aliphatic rings. The molecule has 0 amide bonds. The van der Waals surface area contributed by atoms with Crippen LogP contribution in [0.15, 0.2) is 29.6 Å². The highest BCUT2D eigenvalue weighted by atomic mass is 32.1. The van der Waals surface area contributed by atoms with Gasteiger partial charge in [0.1, 0.15) is 11.5 Å². The molecule has 18 heavy (non-hydrogen) atoms. The lowest BCUT2D eigenvalue weighted by molar-refractivity contribution is 0.0474. The highest BCUT2D eigenvalue weighted by molar-refractivity contribution is 7.12. The Kier molecular flexibility index (Phi) is 3.78. The van der Waals surface area contributed by atoms with E-state index in [0.29, 0.717) is 22.1 Å². The van der Waals surface area contributed by atoms with Crippen LogP contribution in [-0.4, -0.2) is 18.1 Å². The first-order chi connectivity index (χ1) is 8.70. The number of hydrogen-bond donors (Lipinski definition) is 1. The summed E-state index contributed by atoms with van der Waals surface area (Å²) in [4.78, 5) is 16.3. The number of ether oxygens (including phenoxy) is 2. The third-order valence-corrected chi connectivity index (χ3v) is 3.13. The number of aromatic nitrogens is 1. The SMILES string of the molecule is COc1cccc(COC(=O)c2sccc2N)n1. The summed E-state index contributed by atoms with van der Waals surface area (Å²) in [6.45, 7) is 0.0906. The number of anilines is 1. The number of carbonyl (C=O) groups is 1. The van der Waals surface area contributed by atoms with E-state index in [2.05, 4.69) is 4.98 Å². The van der Waals surface area contributed by atoms with Gasteiger partial charge in [0.2, 0.25) is 5.88 Å². The predicted octanol–water partition coefficient (Wildman–Crippen LogP) is 2.09. The molecule has 2 aromatic heterocycles. The molecule has 0 fully saturated rings. The number of hydrogen-bond acceptors (Lipinski definition) is 6. The second-order valence-electron chi connectivity index (χ2n) is 3.45. The Hall–Kier alpha value is -2.08. The molecule has 0 bridgehead atoms. The van der Waals surface area contributed by atoms with Crippen LogP contribution in [0.3, 0.4) is 0 Å². The molecular formula is C12H12N2O3S. The van der Waals surface area contributed by atoms with E-state index in [1.165, 1.54) is 18.4 Å². The van der Waals surface area contributed by atoms with Crippen LogP contribution in [0.1, 0.15) is 15.4 Å². The van der Waals surface area contributed by atoms with Gasteiger partial charge in [-0.25, -0.2) is 9.78 Å². The van der Waals surface area contributed by atoms with Crippen molar-refractivity contribution in [3.05, 3.63) is 40.2 Å². The van der Waals surface area contributed by atoms with Crippen LogP contribution in [0.2, 0.25) is 0 Å². The molecule has 94 valence electrons. The second-order valence-corrected chi connectivity index (χ2v) is 4.37. The molecule has 6 heteroatoms. The maximum absolute atomic E-state index is 11.7. The van der Waals surface area contributed by atoms with Gasteiger partial charge in [0.05, 0.1) is 18.5 Å². The molecule has 0 aromatic carbocycles. The van der Waals surface area contributed by atoms with Crippen molar-refractivity contribution in [2.75, 3.05) is 12.8 Å². The number of rotatable bonds is 4. The van der Waals surface area contributed by atoms with E-state index in [4.69, 9.17) is 15.2 Å². The molecule has 5 nitrogen and oxygen atoms in total. The largest absolute Gasteiger partial charge is 0.481 e. The second kappa shape index (κ2) is 5.50. The third-order valence-electron chi connectivity index (χ3n) is 2.22. The number of nitrogen functional groups attached to an aromatic ring is 1. The van der Waals surface area contributed by atoms with Crippen LogP contribution < -0.4 is 10.5 Å². The number of nitrogens with two attached hydrogens (primary N) is 1. The zero-order chi connectivity index (χ0) is 13.0. The average molecular weight is 264 g/mol. The van der Waals surface area contributed by atoms with Crippen molar-refractivity contribution in [2.24, 2.45) is 0 Å². The van der Waals surface area contributed by atoms with E-state index in [1.807, 2.05) is 0 Å².